The van der Waals surface area contributed by atoms with Crippen molar-refractivity contribution in [1.82, 2.24) is 0 Å². The van der Waals surface area contributed by atoms with Crippen LogP contribution in [0.25, 0.3) is 77.3 Å². The molecule has 0 atom stereocenters. The van der Waals surface area contributed by atoms with Crippen molar-refractivity contribution >= 4 is 60.9 Å². The molecule has 2 aromatic heterocycles. The van der Waals surface area contributed by atoms with Crippen LogP contribution in [0.5, 0.6) is 0 Å². The summed E-state index contributed by atoms with van der Waals surface area (Å²) < 4.78 is 12.6. The smallest absolute Gasteiger partial charge is 0.136 e. The molecule has 1 aliphatic rings. The van der Waals surface area contributed by atoms with Gasteiger partial charge in [-0.1, -0.05) is 170 Å². The molecule has 13 rings (SSSR count). The van der Waals surface area contributed by atoms with E-state index in [9.17, 15) is 0 Å². The van der Waals surface area contributed by atoms with Crippen molar-refractivity contribution < 1.29 is 8.83 Å². The third kappa shape index (κ3) is 5.47. The van der Waals surface area contributed by atoms with E-state index in [0.29, 0.717) is 0 Å². The molecule has 1 aliphatic carbocycles. The van der Waals surface area contributed by atoms with Crippen LogP contribution in [0.2, 0.25) is 0 Å². The lowest BCUT2D eigenvalue weighted by molar-refractivity contribution is 0.668. The minimum atomic E-state index is -0.528. The molecule has 0 aliphatic heterocycles. The first kappa shape index (κ1) is 36.3. The molecular weight excluding hydrogens is 779 g/mol. The highest BCUT2D eigenvalue weighted by molar-refractivity contribution is 6.07. The molecule has 0 radical (unpaired) electrons. The molecular formula is C61H39NO2. The minimum absolute atomic E-state index is 0.528. The number of furan rings is 2. The molecule has 12 aromatic rings. The Morgan fingerprint density at radius 1 is 0.312 bits per heavy atom. The summed E-state index contributed by atoms with van der Waals surface area (Å²) in [7, 11) is 0. The highest BCUT2D eigenvalue weighted by atomic mass is 16.3. The fourth-order valence-corrected chi connectivity index (χ4v) is 10.5. The Balaban J connectivity index is 1.02. The van der Waals surface area contributed by atoms with Gasteiger partial charge in [0.1, 0.15) is 22.3 Å². The fraction of sp³-hybridized carbons (Fsp3) is 0.0164. The van der Waals surface area contributed by atoms with Crippen molar-refractivity contribution in [3.63, 3.8) is 0 Å². The number of para-hydroxylation sites is 2. The van der Waals surface area contributed by atoms with Gasteiger partial charge in [0.05, 0.1) is 11.1 Å². The molecule has 3 nitrogen and oxygen atoms in total. The van der Waals surface area contributed by atoms with E-state index in [1.54, 1.807) is 0 Å². The van der Waals surface area contributed by atoms with E-state index < -0.39 is 5.41 Å². The summed E-state index contributed by atoms with van der Waals surface area (Å²) in [5.74, 6) is 0. The van der Waals surface area contributed by atoms with E-state index in [-0.39, 0.29) is 0 Å². The van der Waals surface area contributed by atoms with Gasteiger partial charge in [0.2, 0.25) is 0 Å². The molecule has 300 valence electrons. The van der Waals surface area contributed by atoms with Crippen molar-refractivity contribution in [3.05, 3.63) is 259 Å². The minimum Gasteiger partial charge on any atom is -0.456 e. The van der Waals surface area contributed by atoms with Crippen LogP contribution in [0.1, 0.15) is 22.3 Å². The predicted molar refractivity (Wildman–Crippen MR) is 264 cm³/mol. The standard InChI is InChI=1S/C61H39NO2/c1-3-16-44(17-4-1)61(45-18-5-2-6-19-45)53-24-10-7-23-51(53)60-54(61)25-14-26-55(60)62(46-33-29-40(30-34-46)43-31-35-50-48-21-8-11-27-56(48)64-59(50)39-43)47-20-13-15-41(37-47)42-32-36-58-52(38-42)49-22-9-12-28-57(49)63-58/h1-39H. The van der Waals surface area contributed by atoms with Crippen LogP contribution >= 0.6 is 0 Å². The highest BCUT2D eigenvalue weighted by Gasteiger charge is 2.47. The Bertz CT molecular complexity index is 3690. The number of hydrogen-bond acceptors (Lipinski definition) is 3. The maximum Gasteiger partial charge on any atom is 0.136 e. The van der Waals surface area contributed by atoms with E-state index >= 15 is 0 Å². The number of rotatable bonds is 7. The zero-order valence-corrected chi connectivity index (χ0v) is 34.8. The summed E-state index contributed by atoms with van der Waals surface area (Å²) in [4.78, 5) is 2.45. The second-order valence-corrected chi connectivity index (χ2v) is 16.8. The molecule has 0 N–H and O–H groups in total. The maximum atomic E-state index is 6.32. The lowest BCUT2D eigenvalue weighted by Crippen LogP contribution is -2.28. The van der Waals surface area contributed by atoms with Crippen molar-refractivity contribution in [2.24, 2.45) is 0 Å². The molecule has 0 saturated heterocycles. The fourth-order valence-electron chi connectivity index (χ4n) is 10.5. The monoisotopic (exact) mass is 817 g/mol. The van der Waals surface area contributed by atoms with E-state index in [4.69, 9.17) is 8.83 Å². The van der Waals surface area contributed by atoms with Gasteiger partial charge < -0.3 is 13.7 Å². The molecule has 64 heavy (non-hydrogen) atoms. The molecule has 0 saturated carbocycles. The van der Waals surface area contributed by atoms with Gasteiger partial charge in [-0.3, -0.25) is 0 Å². The lowest BCUT2D eigenvalue weighted by atomic mass is 9.68. The Labute approximate surface area is 370 Å². The molecule has 2 heterocycles. The summed E-state index contributed by atoms with van der Waals surface area (Å²) in [6.45, 7) is 0. The first-order chi connectivity index (χ1) is 31.7. The topological polar surface area (TPSA) is 29.5 Å². The molecule has 3 heteroatoms. The third-order valence-corrected chi connectivity index (χ3v) is 13.4. The summed E-state index contributed by atoms with van der Waals surface area (Å²) in [5, 5.41) is 4.50. The summed E-state index contributed by atoms with van der Waals surface area (Å²) >= 11 is 0. The van der Waals surface area contributed by atoms with E-state index in [0.717, 1.165) is 83.2 Å². The molecule has 10 aromatic carbocycles. The molecule has 0 fully saturated rings. The van der Waals surface area contributed by atoms with Crippen LogP contribution in [-0.2, 0) is 5.41 Å². The van der Waals surface area contributed by atoms with Crippen LogP contribution in [0, 0.1) is 0 Å². The second-order valence-electron chi connectivity index (χ2n) is 16.8. The number of anilines is 3. The number of benzene rings is 10. The van der Waals surface area contributed by atoms with Gasteiger partial charge in [-0.2, -0.15) is 0 Å². The van der Waals surface area contributed by atoms with Gasteiger partial charge in [-0.05, 0) is 117 Å². The Morgan fingerprint density at radius 3 is 1.62 bits per heavy atom. The third-order valence-electron chi connectivity index (χ3n) is 13.4. The first-order valence-electron chi connectivity index (χ1n) is 21.9. The average Bonchev–Trinajstić information content (AvgIpc) is 4.03. The van der Waals surface area contributed by atoms with Crippen LogP contribution in [0.3, 0.4) is 0 Å². The number of nitrogens with zero attached hydrogens (tertiary/aromatic N) is 1. The van der Waals surface area contributed by atoms with Gasteiger partial charge in [-0.25, -0.2) is 0 Å². The van der Waals surface area contributed by atoms with Crippen molar-refractivity contribution in [2.75, 3.05) is 4.90 Å². The highest BCUT2D eigenvalue weighted by Crippen LogP contribution is 2.59. The zero-order chi connectivity index (χ0) is 42.2. The van der Waals surface area contributed by atoms with E-state index in [2.05, 4.69) is 217 Å². The van der Waals surface area contributed by atoms with Gasteiger partial charge in [-0.15, -0.1) is 0 Å². The van der Waals surface area contributed by atoms with Gasteiger partial charge >= 0.3 is 0 Å². The van der Waals surface area contributed by atoms with Crippen LogP contribution in [-0.4, -0.2) is 0 Å². The average molecular weight is 818 g/mol. The number of fused-ring (bicyclic) bond motifs is 9. The Hall–Kier alpha value is -8.40. The maximum absolute atomic E-state index is 6.32. The Kier molecular flexibility index (Phi) is 8.13. The van der Waals surface area contributed by atoms with Gasteiger partial charge in [0.25, 0.3) is 0 Å². The molecule has 0 spiro atoms. The van der Waals surface area contributed by atoms with Gasteiger partial charge in [0.15, 0.2) is 0 Å². The van der Waals surface area contributed by atoms with Crippen molar-refractivity contribution in [1.29, 1.82) is 0 Å². The van der Waals surface area contributed by atoms with Crippen LogP contribution < -0.4 is 4.90 Å². The van der Waals surface area contributed by atoms with E-state index in [1.165, 1.54) is 33.4 Å². The van der Waals surface area contributed by atoms with Gasteiger partial charge in [0, 0.05) is 38.5 Å². The Morgan fingerprint density at radius 2 is 0.859 bits per heavy atom. The van der Waals surface area contributed by atoms with Crippen LogP contribution in [0.4, 0.5) is 17.1 Å². The quantitative estimate of drug-likeness (QED) is 0.160. The molecule has 0 amide bonds. The molecule has 0 unspecified atom stereocenters. The summed E-state index contributed by atoms with van der Waals surface area (Å²) in [6, 6.07) is 85.5. The lowest BCUT2D eigenvalue weighted by Gasteiger charge is -2.34. The summed E-state index contributed by atoms with van der Waals surface area (Å²) in [6.07, 6.45) is 0. The SMILES string of the molecule is c1ccc(C2(c3ccccc3)c3ccccc3-c3c(N(c4ccc(-c5ccc6c(c5)oc5ccccc56)cc4)c4cccc(-c5ccc6oc7ccccc7c6c5)c4)cccc32)cc1. The zero-order valence-electron chi connectivity index (χ0n) is 34.8. The predicted octanol–water partition coefficient (Wildman–Crippen LogP) is 16.7. The van der Waals surface area contributed by atoms with Crippen LogP contribution in [0.15, 0.2) is 245 Å². The van der Waals surface area contributed by atoms with Crippen molar-refractivity contribution in [3.8, 4) is 33.4 Å². The van der Waals surface area contributed by atoms with Crippen molar-refractivity contribution in [2.45, 2.75) is 5.41 Å². The molecule has 0 bridgehead atoms. The summed E-state index contributed by atoms with van der Waals surface area (Å²) in [5.41, 5.74) is 18.3. The normalized spacial score (nSPS) is 12.8. The van der Waals surface area contributed by atoms with E-state index in [1.807, 2.05) is 24.3 Å². The largest absolute Gasteiger partial charge is 0.456 e. The second kappa shape index (κ2) is 14.3. The number of hydrogen-bond donors (Lipinski definition) is 0. The first-order valence-corrected chi connectivity index (χ1v) is 21.9.